The zero-order valence-electron chi connectivity index (χ0n) is 17.9. The first kappa shape index (κ1) is 21.4. The molecule has 0 aromatic heterocycles. The van der Waals surface area contributed by atoms with E-state index in [9.17, 15) is 4.79 Å². The van der Waals surface area contributed by atoms with Crippen molar-refractivity contribution in [3.8, 4) is 0 Å². The number of amides is 2. The lowest BCUT2D eigenvalue weighted by atomic mass is 10.0. The Morgan fingerprint density at radius 1 is 1.31 bits per heavy atom. The average Bonchev–Trinajstić information content (AvgIpc) is 3.58. The number of likely N-dealkylation sites (tertiary alicyclic amines) is 1. The predicted molar refractivity (Wildman–Crippen MR) is 121 cm³/mol. The lowest BCUT2D eigenvalue weighted by Crippen LogP contribution is -2.53. The van der Waals surface area contributed by atoms with Crippen LogP contribution >= 0.6 is 11.6 Å². The summed E-state index contributed by atoms with van der Waals surface area (Å²) in [6.07, 6.45) is 5.97. The second kappa shape index (κ2) is 9.17. The molecule has 1 saturated carbocycles. The van der Waals surface area contributed by atoms with E-state index in [0.717, 1.165) is 36.8 Å². The molecule has 5 rings (SSSR count). The van der Waals surface area contributed by atoms with Gasteiger partial charge in [-0.05, 0) is 54.9 Å². The number of hydrogen-bond acceptors (Lipinski definition) is 7. The van der Waals surface area contributed by atoms with Crippen molar-refractivity contribution >= 4 is 23.6 Å². The van der Waals surface area contributed by atoms with Crippen LogP contribution in [0.5, 0.6) is 0 Å². The Morgan fingerprint density at radius 3 is 2.88 bits per heavy atom. The number of ether oxygens (including phenoxy) is 1. The lowest BCUT2D eigenvalue weighted by Gasteiger charge is -2.34. The fraction of sp³-hybridized carbons (Fsp3) is 0.545. The number of benzene rings is 1. The van der Waals surface area contributed by atoms with Crippen LogP contribution in [0.2, 0.25) is 5.02 Å². The number of aliphatic imine (C=N–C) groups is 1. The van der Waals surface area contributed by atoms with Gasteiger partial charge in [-0.25, -0.2) is 15.6 Å². The molecule has 3 aliphatic heterocycles. The van der Waals surface area contributed by atoms with E-state index in [1.54, 1.807) is 11.1 Å². The molecule has 1 aromatic carbocycles. The minimum absolute atomic E-state index is 0.0183. The van der Waals surface area contributed by atoms with E-state index in [0.29, 0.717) is 43.2 Å². The van der Waals surface area contributed by atoms with E-state index in [1.165, 1.54) is 0 Å². The Hall–Kier alpha value is -2.49. The van der Waals surface area contributed by atoms with Crippen molar-refractivity contribution in [2.24, 2.45) is 27.0 Å². The number of hydrogen-bond donors (Lipinski definition) is 2. The first-order chi connectivity index (χ1) is 15.6. The van der Waals surface area contributed by atoms with Crippen molar-refractivity contribution in [1.29, 1.82) is 0 Å². The topological polar surface area (TPSA) is 108 Å². The van der Waals surface area contributed by atoms with Crippen molar-refractivity contribution in [1.82, 2.24) is 15.2 Å². The maximum Gasteiger partial charge on any atom is 0.362 e. The van der Waals surface area contributed by atoms with Crippen LogP contribution in [0.4, 0.5) is 4.79 Å². The number of nitrogens with one attached hydrogen (secondary N) is 1. The van der Waals surface area contributed by atoms with Crippen LogP contribution in [0.15, 0.2) is 51.3 Å². The van der Waals surface area contributed by atoms with Crippen LogP contribution in [0.3, 0.4) is 0 Å². The van der Waals surface area contributed by atoms with E-state index in [-0.39, 0.29) is 24.2 Å². The summed E-state index contributed by atoms with van der Waals surface area (Å²) in [5, 5.41) is 13.8. The molecule has 170 valence electrons. The summed E-state index contributed by atoms with van der Waals surface area (Å²) in [6.45, 7) is 2.23. The molecule has 0 radical (unpaired) electrons. The third-order valence-corrected chi connectivity index (χ3v) is 6.75. The minimum atomic E-state index is -0.315. The highest BCUT2D eigenvalue weighted by molar-refractivity contribution is 6.30. The van der Waals surface area contributed by atoms with Gasteiger partial charge in [0.1, 0.15) is 0 Å². The number of azo groups is 1. The molecule has 0 bridgehead atoms. The monoisotopic (exact) mass is 457 g/mol. The molecule has 2 atom stereocenters. The molecular formula is C22H28ClN7O2. The van der Waals surface area contributed by atoms with Gasteiger partial charge in [-0.15, -0.1) is 0 Å². The SMILES string of the molecule is NN(C1=NC2CN(C(=O)N=NCc3cccc(Cl)c3)C(C3CC3)C2=CN1)C1CCOCC1. The van der Waals surface area contributed by atoms with Gasteiger partial charge >= 0.3 is 6.03 Å². The summed E-state index contributed by atoms with van der Waals surface area (Å²) in [7, 11) is 0. The van der Waals surface area contributed by atoms with Gasteiger partial charge in [0.15, 0.2) is 0 Å². The van der Waals surface area contributed by atoms with Gasteiger partial charge in [0.2, 0.25) is 5.96 Å². The number of urea groups is 1. The van der Waals surface area contributed by atoms with Crippen LogP contribution in [-0.2, 0) is 11.3 Å². The summed E-state index contributed by atoms with van der Waals surface area (Å²) >= 11 is 6.01. The Balaban J connectivity index is 1.27. The second-order valence-corrected chi connectivity index (χ2v) is 9.19. The molecule has 4 aliphatic rings. The summed E-state index contributed by atoms with van der Waals surface area (Å²) in [5.41, 5.74) is 2.05. The Bertz CT molecular complexity index is 955. The first-order valence-electron chi connectivity index (χ1n) is 11.2. The molecular weight excluding hydrogens is 430 g/mol. The number of halogens is 1. The van der Waals surface area contributed by atoms with Crippen molar-refractivity contribution in [3.63, 3.8) is 0 Å². The van der Waals surface area contributed by atoms with Gasteiger partial charge in [0.25, 0.3) is 0 Å². The number of fused-ring (bicyclic) bond motifs is 1. The maximum absolute atomic E-state index is 12.9. The molecule has 3 heterocycles. The molecule has 0 spiro atoms. The van der Waals surface area contributed by atoms with Crippen molar-refractivity contribution in [3.05, 3.63) is 46.6 Å². The normalized spacial score (nSPS) is 25.9. The van der Waals surface area contributed by atoms with Crippen molar-refractivity contribution < 1.29 is 9.53 Å². The number of hydrazine groups is 1. The van der Waals surface area contributed by atoms with E-state index in [2.05, 4.69) is 15.5 Å². The first-order valence-corrected chi connectivity index (χ1v) is 11.6. The summed E-state index contributed by atoms with van der Waals surface area (Å²) < 4.78 is 5.44. The predicted octanol–water partition coefficient (Wildman–Crippen LogP) is 3.07. The molecule has 3 fully saturated rings. The molecule has 1 aromatic rings. The van der Waals surface area contributed by atoms with Crippen LogP contribution in [0.1, 0.15) is 31.2 Å². The highest BCUT2D eigenvalue weighted by Gasteiger charge is 2.48. The Kier molecular flexibility index (Phi) is 6.12. The third kappa shape index (κ3) is 4.51. The second-order valence-electron chi connectivity index (χ2n) is 8.75. The van der Waals surface area contributed by atoms with Crippen molar-refractivity contribution in [2.75, 3.05) is 19.8 Å². The van der Waals surface area contributed by atoms with Crippen LogP contribution in [0, 0.1) is 5.92 Å². The zero-order valence-corrected chi connectivity index (χ0v) is 18.6. The van der Waals surface area contributed by atoms with Gasteiger partial charge in [-0.1, -0.05) is 28.8 Å². The smallest absolute Gasteiger partial charge is 0.362 e. The fourth-order valence-electron chi connectivity index (χ4n) is 4.70. The molecule has 2 unspecified atom stereocenters. The summed E-state index contributed by atoms with van der Waals surface area (Å²) in [6, 6.07) is 7.20. The largest absolute Gasteiger partial charge is 0.381 e. The lowest BCUT2D eigenvalue weighted by molar-refractivity contribution is 0.0542. The molecule has 9 nitrogen and oxygen atoms in total. The Labute approximate surface area is 192 Å². The quantitative estimate of drug-likeness (QED) is 0.410. The van der Waals surface area contributed by atoms with Crippen LogP contribution in [0.25, 0.3) is 0 Å². The highest BCUT2D eigenvalue weighted by atomic mass is 35.5. The van der Waals surface area contributed by atoms with E-state index in [4.69, 9.17) is 27.2 Å². The summed E-state index contributed by atoms with van der Waals surface area (Å²) in [5.74, 6) is 7.48. The highest BCUT2D eigenvalue weighted by Crippen LogP contribution is 2.44. The van der Waals surface area contributed by atoms with Gasteiger partial charge in [-0.2, -0.15) is 5.11 Å². The minimum Gasteiger partial charge on any atom is -0.381 e. The number of carbonyl (C=O) groups is 1. The van der Waals surface area contributed by atoms with Gasteiger partial charge < -0.3 is 15.0 Å². The average molecular weight is 458 g/mol. The third-order valence-electron chi connectivity index (χ3n) is 6.52. The van der Waals surface area contributed by atoms with E-state index >= 15 is 0 Å². The molecule has 2 saturated heterocycles. The number of nitrogens with zero attached hydrogens (tertiary/aromatic N) is 5. The van der Waals surface area contributed by atoms with Crippen LogP contribution in [-0.4, -0.2) is 59.8 Å². The molecule has 2 amide bonds. The summed E-state index contributed by atoms with van der Waals surface area (Å²) in [4.78, 5) is 19.6. The van der Waals surface area contributed by atoms with Crippen LogP contribution < -0.4 is 11.2 Å². The van der Waals surface area contributed by atoms with Gasteiger partial charge in [0, 0.05) is 31.0 Å². The number of guanidine groups is 1. The number of nitrogens with two attached hydrogens (primary N) is 1. The number of carbonyl (C=O) groups excluding carboxylic acids is 1. The number of rotatable bonds is 4. The van der Waals surface area contributed by atoms with Gasteiger partial charge in [-0.3, -0.25) is 5.01 Å². The molecule has 1 aliphatic carbocycles. The van der Waals surface area contributed by atoms with Gasteiger partial charge in [0.05, 0.1) is 24.7 Å². The maximum atomic E-state index is 12.9. The Morgan fingerprint density at radius 2 is 2.12 bits per heavy atom. The molecule has 3 N–H and O–H groups in total. The van der Waals surface area contributed by atoms with E-state index in [1.807, 2.05) is 29.3 Å². The van der Waals surface area contributed by atoms with E-state index < -0.39 is 0 Å². The fourth-order valence-corrected chi connectivity index (χ4v) is 4.91. The molecule has 10 heteroatoms. The van der Waals surface area contributed by atoms with Crippen molar-refractivity contribution in [2.45, 2.75) is 50.4 Å². The zero-order chi connectivity index (χ0) is 22.1. The molecule has 32 heavy (non-hydrogen) atoms. The standard InChI is InChI=1S/C22H28ClN7O2/c23-16-3-1-2-14(10-16)11-26-28-22(31)29-13-19-18(20(29)15-4-5-15)12-25-21(27-19)30(24)17-6-8-32-9-7-17/h1-3,10,12,15,17,19-20H,4-9,11,13,24H2,(H,25,27).